The minimum atomic E-state index is -0.690. The maximum Gasteiger partial charge on any atom is 0.106 e. The van der Waals surface area contributed by atoms with Gasteiger partial charge in [0, 0.05) is 59.7 Å². The van der Waals surface area contributed by atoms with Crippen LogP contribution >= 0.6 is 22.7 Å². The fraction of sp³-hybridized carbons (Fsp3) is 0.0698. The average molecular weight is 669 g/mol. The Kier molecular flexibility index (Phi) is 6.88. The first-order valence-electron chi connectivity index (χ1n) is 16.3. The van der Waals surface area contributed by atoms with Crippen molar-refractivity contribution in [3.8, 4) is 0 Å². The number of pyridine rings is 1. The molecule has 10 aromatic rings. The van der Waals surface area contributed by atoms with Crippen LogP contribution in [-0.2, 0) is 5.54 Å². The van der Waals surface area contributed by atoms with Crippen molar-refractivity contribution in [1.29, 1.82) is 0 Å². The van der Waals surface area contributed by atoms with E-state index < -0.39 is 5.54 Å². The van der Waals surface area contributed by atoms with Crippen molar-refractivity contribution in [3.63, 3.8) is 0 Å². The molecule has 0 saturated heterocycles. The highest BCUT2D eigenvalue weighted by Crippen LogP contribution is 2.54. The molecule has 1 atom stereocenters. The molecule has 0 amide bonds. The Hall–Kier alpha value is -5.40. The molecule has 4 aromatic heterocycles. The molecule has 2 N–H and O–H groups in total. The van der Waals surface area contributed by atoms with Crippen molar-refractivity contribution in [2.45, 2.75) is 12.5 Å². The topological polar surface area (TPSA) is 56.2 Å². The third kappa shape index (κ3) is 4.05. The van der Waals surface area contributed by atoms with Crippen LogP contribution in [0.5, 0.6) is 0 Å². The SMILES string of the molecule is C=Nc1c(C(C)(c2cccnc2)n2c3c4ccccc4ccc3c3c4ccccc4c4c5ccccc5sc4c32)sc2ccccc12.CN. The Labute approximate surface area is 291 Å². The fourth-order valence-electron chi connectivity index (χ4n) is 7.91. The van der Waals surface area contributed by atoms with Gasteiger partial charge in [0.25, 0.3) is 0 Å². The van der Waals surface area contributed by atoms with Gasteiger partial charge in [0.1, 0.15) is 5.54 Å². The predicted octanol–water partition coefficient (Wildman–Crippen LogP) is 11.8. The summed E-state index contributed by atoms with van der Waals surface area (Å²) in [4.78, 5) is 10.6. The fourth-order valence-corrected chi connectivity index (χ4v) is 10.5. The molecule has 0 aliphatic rings. The third-order valence-electron chi connectivity index (χ3n) is 9.97. The largest absolute Gasteiger partial charge is 0.333 e. The molecule has 6 aromatic carbocycles. The van der Waals surface area contributed by atoms with Gasteiger partial charge in [-0.15, -0.1) is 22.7 Å². The van der Waals surface area contributed by atoms with Gasteiger partial charge in [-0.25, -0.2) is 0 Å². The quantitative estimate of drug-likeness (QED) is 0.190. The van der Waals surface area contributed by atoms with Gasteiger partial charge in [-0.1, -0.05) is 103 Å². The highest BCUT2D eigenvalue weighted by Gasteiger charge is 2.40. The Bertz CT molecular complexity index is 2900. The Morgan fingerprint density at radius 2 is 1.27 bits per heavy atom. The number of nitrogens with zero attached hydrogens (tertiary/aromatic N) is 3. The number of hydrogen-bond donors (Lipinski definition) is 1. The van der Waals surface area contributed by atoms with Crippen molar-refractivity contribution >= 4 is 109 Å². The van der Waals surface area contributed by atoms with Crippen molar-refractivity contribution in [3.05, 3.63) is 144 Å². The number of rotatable bonds is 4. The standard InChI is InChI=1S/C42H27N3S2.CH5N/c1-42(26-13-11-23-44-24-26,41-37(43-2)31-18-8-10-20-34(31)47-41)45-38-27-14-4-3-12-25(27)21-22-32(38)35-28-15-5-6-16-29(28)36-30-17-7-9-19-33(30)46-40(36)39(35)45;1-2/h3-24H,2H2,1H3;2H2,1H3. The van der Waals surface area contributed by atoms with E-state index in [-0.39, 0.29) is 0 Å². The van der Waals surface area contributed by atoms with Gasteiger partial charge in [0.15, 0.2) is 0 Å². The van der Waals surface area contributed by atoms with Gasteiger partial charge < -0.3 is 10.3 Å². The van der Waals surface area contributed by atoms with Crippen LogP contribution < -0.4 is 5.73 Å². The molecule has 0 spiro atoms. The molecule has 236 valence electrons. The zero-order valence-corrected chi connectivity index (χ0v) is 28.8. The second-order valence-electron chi connectivity index (χ2n) is 12.3. The van der Waals surface area contributed by atoms with Crippen molar-refractivity contribution in [2.75, 3.05) is 7.05 Å². The highest BCUT2D eigenvalue weighted by molar-refractivity contribution is 7.27. The lowest BCUT2D eigenvalue weighted by Gasteiger charge is -2.34. The number of fused-ring (bicyclic) bond motifs is 13. The number of benzene rings is 6. The van der Waals surface area contributed by atoms with E-state index in [4.69, 9.17) is 9.98 Å². The molecular formula is C43H32N4S2. The maximum atomic E-state index is 4.76. The van der Waals surface area contributed by atoms with Crippen LogP contribution in [0.3, 0.4) is 0 Å². The molecule has 0 saturated carbocycles. The normalized spacial score (nSPS) is 13.0. The molecule has 0 bridgehead atoms. The van der Waals surface area contributed by atoms with Crippen molar-refractivity contribution < 1.29 is 0 Å². The summed E-state index contributed by atoms with van der Waals surface area (Å²) in [6.07, 6.45) is 3.89. The second kappa shape index (κ2) is 11.3. The molecule has 49 heavy (non-hydrogen) atoms. The van der Waals surface area contributed by atoms with Crippen LogP contribution in [0.15, 0.2) is 139 Å². The van der Waals surface area contributed by atoms with E-state index in [0.29, 0.717) is 0 Å². The smallest absolute Gasteiger partial charge is 0.106 e. The van der Waals surface area contributed by atoms with Crippen molar-refractivity contribution in [2.24, 2.45) is 10.7 Å². The summed E-state index contributed by atoms with van der Waals surface area (Å²) in [5.41, 5.74) is 8.30. The van der Waals surface area contributed by atoms with Crippen LogP contribution in [0.4, 0.5) is 5.69 Å². The van der Waals surface area contributed by atoms with Gasteiger partial charge >= 0.3 is 0 Å². The molecule has 0 aliphatic heterocycles. The zero-order chi connectivity index (χ0) is 33.3. The summed E-state index contributed by atoms with van der Waals surface area (Å²) in [7, 11) is 1.50. The number of thiophene rings is 2. The number of aliphatic imine (C=N–C) groups is 1. The Balaban J connectivity index is 0.00000160. The first-order valence-corrected chi connectivity index (χ1v) is 18.0. The molecule has 4 nitrogen and oxygen atoms in total. The first kappa shape index (κ1) is 29.7. The Morgan fingerprint density at radius 1 is 0.633 bits per heavy atom. The molecule has 0 radical (unpaired) electrons. The summed E-state index contributed by atoms with van der Waals surface area (Å²) in [6, 6.07) is 44.1. The number of aromatic nitrogens is 2. The van der Waals surface area contributed by atoms with Crippen LogP contribution in [0.1, 0.15) is 17.4 Å². The molecule has 10 rings (SSSR count). The predicted molar refractivity (Wildman–Crippen MR) is 215 cm³/mol. The lowest BCUT2D eigenvalue weighted by atomic mass is 9.89. The second-order valence-corrected chi connectivity index (χ2v) is 14.4. The van der Waals surface area contributed by atoms with E-state index in [2.05, 4.69) is 145 Å². The monoisotopic (exact) mass is 668 g/mol. The van der Waals surface area contributed by atoms with E-state index in [1.165, 1.54) is 75.3 Å². The van der Waals surface area contributed by atoms with Crippen LogP contribution in [0.25, 0.3) is 73.6 Å². The summed E-state index contributed by atoms with van der Waals surface area (Å²) in [5, 5.41) is 11.3. The van der Waals surface area contributed by atoms with Crippen LogP contribution in [-0.4, -0.2) is 23.3 Å². The van der Waals surface area contributed by atoms with E-state index in [9.17, 15) is 0 Å². The van der Waals surface area contributed by atoms with Gasteiger partial charge in [0.2, 0.25) is 0 Å². The van der Waals surface area contributed by atoms with Gasteiger partial charge in [-0.3, -0.25) is 9.98 Å². The first-order chi connectivity index (χ1) is 24.2. The third-order valence-corrected chi connectivity index (χ3v) is 12.5. The highest BCUT2D eigenvalue weighted by atomic mass is 32.1. The van der Waals surface area contributed by atoms with Crippen LogP contribution in [0, 0.1) is 0 Å². The summed E-state index contributed by atoms with van der Waals surface area (Å²) in [6.45, 7) is 6.49. The van der Waals surface area contributed by atoms with E-state index in [1.54, 1.807) is 11.3 Å². The van der Waals surface area contributed by atoms with Crippen LogP contribution in [0.2, 0.25) is 0 Å². The minimum Gasteiger partial charge on any atom is -0.333 e. The van der Waals surface area contributed by atoms with Gasteiger partial charge in [0.05, 0.1) is 26.3 Å². The summed E-state index contributed by atoms with van der Waals surface area (Å²) >= 11 is 3.70. The molecule has 0 fully saturated rings. The molecule has 4 heterocycles. The van der Waals surface area contributed by atoms with Crippen molar-refractivity contribution in [1.82, 2.24) is 9.55 Å². The number of hydrogen-bond acceptors (Lipinski definition) is 5. The maximum absolute atomic E-state index is 4.76. The minimum absolute atomic E-state index is 0.690. The Morgan fingerprint density at radius 3 is 1.98 bits per heavy atom. The summed E-state index contributed by atoms with van der Waals surface area (Å²) in [5.74, 6) is 0. The molecule has 1 unspecified atom stereocenters. The van der Waals surface area contributed by atoms with E-state index in [1.807, 2.05) is 23.7 Å². The summed E-state index contributed by atoms with van der Waals surface area (Å²) < 4.78 is 6.42. The molecular weight excluding hydrogens is 637 g/mol. The van der Waals surface area contributed by atoms with E-state index >= 15 is 0 Å². The van der Waals surface area contributed by atoms with Gasteiger partial charge in [-0.05, 0) is 55.0 Å². The lowest BCUT2D eigenvalue weighted by molar-refractivity contribution is 0.518. The zero-order valence-electron chi connectivity index (χ0n) is 27.1. The number of nitrogens with two attached hydrogens (primary N) is 1. The molecule has 6 heteroatoms. The van der Waals surface area contributed by atoms with Gasteiger partial charge in [-0.2, -0.15) is 0 Å². The van der Waals surface area contributed by atoms with E-state index in [0.717, 1.165) is 21.5 Å². The average Bonchev–Trinajstić information content (AvgIpc) is 3.86. The molecule has 0 aliphatic carbocycles. The lowest BCUT2D eigenvalue weighted by Crippen LogP contribution is -2.32.